The van der Waals surface area contributed by atoms with Crippen molar-refractivity contribution in [1.82, 2.24) is 0 Å². The first-order valence-corrected chi connectivity index (χ1v) is 5.36. The van der Waals surface area contributed by atoms with Crippen LogP contribution < -0.4 is 10.5 Å². The first-order valence-electron chi connectivity index (χ1n) is 5.36. The summed E-state index contributed by atoms with van der Waals surface area (Å²) in [5.74, 6) is 0.111. The molecule has 0 aliphatic rings. The van der Waals surface area contributed by atoms with Crippen LogP contribution in [0.3, 0.4) is 0 Å². The van der Waals surface area contributed by atoms with Crippen LogP contribution in [0.25, 0.3) is 0 Å². The van der Waals surface area contributed by atoms with E-state index in [0.717, 1.165) is 6.42 Å². The largest absolute Gasteiger partial charge is 0.496 e. The Hall–Kier alpha value is -1.13. The summed E-state index contributed by atoms with van der Waals surface area (Å²) in [7, 11) is 1.50. The summed E-state index contributed by atoms with van der Waals surface area (Å²) in [5.41, 5.74) is 6.24. The lowest BCUT2D eigenvalue weighted by Crippen LogP contribution is -2.19. The minimum Gasteiger partial charge on any atom is -0.496 e. The van der Waals surface area contributed by atoms with E-state index in [1.165, 1.54) is 13.2 Å². The predicted molar refractivity (Wildman–Crippen MR) is 61.0 cm³/mol. The minimum atomic E-state index is -0.498. The molecule has 1 aromatic carbocycles. The van der Waals surface area contributed by atoms with Gasteiger partial charge in [0.25, 0.3) is 0 Å². The Morgan fingerprint density at radius 1 is 1.44 bits per heavy atom. The Morgan fingerprint density at radius 2 is 2.19 bits per heavy atom. The number of methoxy groups -OCH3 is 1. The maximum Gasteiger partial charge on any atom is 0.131 e. The number of hydrogen-bond acceptors (Lipinski definition) is 3. The molecule has 4 heteroatoms. The summed E-state index contributed by atoms with van der Waals surface area (Å²) in [6, 6.07) is 4.16. The van der Waals surface area contributed by atoms with Gasteiger partial charge in [0.1, 0.15) is 11.6 Å². The van der Waals surface area contributed by atoms with Crippen LogP contribution >= 0.6 is 0 Å². The summed E-state index contributed by atoms with van der Waals surface area (Å²) in [6.07, 6.45) is 0.918. The molecule has 1 unspecified atom stereocenters. The molecule has 0 spiro atoms. The summed E-state index contributed by atoms with van der Waals surface area (Å²) in [4.78, 5) is 0. The van der Waals surface area contributed by atoms with Gasteiger partial charge in [-0.2, -0.15) is 0 Å². The standard InChI is InChI=1S/C12H18FNO2/c1-3-7-16-8-10(14)12-9(13)5-4-6-11(12)15-2/h4-6,10H,3,7-8,14H2,1-2H3. The molecule has 1 aromatic rings. The number of ether oxygens (including phenoxy) is 2. The lowest BCUT2D eigenvalue weighted by molar-refractivity contribution is 0.120. The molecule has 0 saturated heterocycles. The van der Waals surface area contributed by atoms with E-state index < -0.39 is 6.04 Å². The molecule has 0 amide bonds. The van der Waals surface area contributed by atoms with E-state index in [0.29, 0.717) is 24.5 Å². The monoisotopic (exact) mass is 227 g/mol. The zero-order valence-corrected chi connectivity index (χ0v) is 9.70. The van der Waals surface area contributed by atoms with Crippen LogP contribution in [0.5, 0.6) is 5.75 Å². The lowest BCUT2D eigenvalue weighted by atomic mass is 10.1. The molecule has 0 aliphatic heterocycles. The van der Waals surface area contributed by atoms with Crippen LogP contribution in [0.1, 0.15) is 24.9 Å². The molecule has 1 rings (SSSR count). The SMILES string of the molecule is CCCOCC(N)c1c(F)cccc1OC. The van der Waals surface area contributed by atoms with Crippen molar-refractivity contribution >= 4 is 0 Å². The molecule has 0 saturated carbocycles. The third kappa shape index (κ3) is 3.18. The summed E-state index contributed by atoms with van der Waals surface area (Å²) < 4.78 is 24.0. The van der Waals surface area contributed by atoms with Crippen molar-refractivity contribution in [2.75, 3.05) is 20.3 Å². The molecule has 0 radical (unpaired) electrons. The highest BCUT2D eigenvalue weighted by Gasteiger charge is 2.16. The van der Waals surface area contributed by atoms with Crippen LogP contribution in [0.4, 0.5) is 4.39 Å². The average Bonchev–Trinajstić information content (AvgIpc) is 2.28. The van der Waals surface area contributed by atoms with Crippen LogP contribution in [-0.2, 0) is 4.74 Å². The Labute approximate surface area is 95.4 Å². The number of rotatable bonds is 6. The van der Waals surface area contributed by atoms with Crippen molar-refractivity contribution in [3.8, 4) is 5.75 Å². The van der Waals surface area contributed by atoms with Gasteiger partial charge in [0.15, 0.2) is 0 Å². The maximum atomic E-state index is 13.6. The van der Waals surface area contributed by atoms with Crippen molar-refractivity contribution in [3.05, 3.63) is 29.6 Å². The van der Waals surface area contributed by atoms with Crippen LogP contribution in [0, 0.1) is 5.82 Å². The van der Waals surface area contributed by atoms with Gasteiger partial charge >= 0.3 is 0 Å². The first-order chi connectivity index (χ1) is 7.70. The second kappa shape index (κ2) is 6.45. The molecule has 0 bridgehead atoms. The highest BCUT2D eigenvalue weighted by atomic mass is 19.1. The molecule has 0 fully saturated rings. The van der Waals surface area contributed by atoms with E-state index in [9.17, 15) is 4.39 Å². The van der Waals surface area contributed by atoms with Gasteiger partial charge in [0.05, 0.1) is 19.8 Å². The molecule has 0 aromatic heterocycles. The number of halogens is 1. The fourth-order valence-electron chi connectivity index (χ4n) is 1.49. The summed E-state index contributed by atoms with van der Waals surface area (Å²) >= 11 is 0. The van der Waals surface area contributed by atoms with Crippen molar-refractivity contribution in [1.29, 1.82) is 0 Å². The van der Waals surface area contributed by atoms with Gasteiger partial charge in [0, 0.05) is 12.2 Å². The van der Waals surface area contributed by atoms with Crippen molar-refractivity contribution < 1.29 is 13.9 Å². The summed E-state index contributed by atoms with van der Waals surface area (Å²) in [6.45, 7) is 2.94. The van der Waals surface area contributed by atoms with Gasteiger partial charge in [-0.05, 0) is 18.6 Å². The van der Waals surface area contributed by atoms with Crippen LogP contribution in [-0.4, -0.2) is 20.3 Å². The molecule has 0 aliphatic carbocycles. The van der Waals surface area contributed by atoms with Gasteiger partial charge in [-0.3, -0.25) is 0 Å². The fourth-order valence-corrected chi connectivity index (χ4v) is 1.49. The van der Waals surface area contributed by atoms with Gasteiger partial charge < -0.3 is 15.2 Å². The third-order valence-corrected chi connectivity index (χ3v) is 2.25. The molecular weight excluding hydrogens is 209 g/mol. The smallest absolute Gasteiger partial charge is 0.131 e. The van der Waals surface area contributed by atoms with Crippen LogP contribution in [0.2, 0.25) is 0 Å². The second-order valence-electron chi connectivity index (χ2n) is 3.54. The molecule has 3 nitrogen and oxygen atoms in total. The third-order valence-electron chi connectivity index (χ3n) is 2.25. The Bertz CT molecular complexity index is 331. The van der Waals surface area contributed by atoms with Gasteiger partial charge in [-0.25, -0.2) is 4.39 Å². The van der Waals surface area contributed by atoms with E-state index in [1.54, 1.807) is 12.1 Å². The molecule has 2 N–H and O–H groups in total. The fraction of sp³-hybridized carbons (Fsp3) is 0.500. The van der Waals surface area contributed by atoms with E-state index in [4.69, 9.17) is 15.2 Å². The Kier molecular flexibility index (Phi) is 5.22. The van der Waals surface area contributed by atoms with Crippen LogP contribution in [0.15, 0.2) is 18.2 Å². The topological polar surface area (TPSA) is 44.5 Å². The zero-order chi connectivity index (χ0) is 12.0. The minimum absolute atomic E-state index is 0.297. The van der Waals surface area contributed by atoms with Gasteiger partial charge in [-0.15, -0.1) is 0 Å². The maximum absolute atomic E-state index is 13.6. The molecular formula is C12H18FNO2. The normalized spacial score (nSPS) is 12.5. The van der Waals surface area contributed by atoms with E-state index in [-0.39, 0.29) is 5.82 Å². The van der Waals surface area contributed by atoms with Crippen molar-refractivity contribution in [2.45, 2.75) is 19.4 Å². The lowest BCUT2D eigenvalue weighted by Gasteiger charge is -2.16. The molecule has 0 heterocycles. The predicted octanol–water partition coefficient (Wildman–Crippen LogP) is 2.26. The first kappa shape index (κ1) is 12.9. The van der Waals surface area contributed by atoms with Crippen molar-refractivity contribution in [2.24, 2.45) is 5.73 Å². The van der Waals surface area contributed by atoms with E-state index in [1.807, 2.05) is 6.92 Å². The number of hydrogen-bond donors (Lipinski definition) is 1. The van der Waals surface area contributed by atoms with E-state index in [2.05, 4.69) is 0 Å². The zero-order valence-electron chi connectivity index (χ0n) is 9.70. The quantitative estimate of drug-likeness (QED) is 0.758. The molecule has 16 heavy (non-hydrogen) atoms. The number of benzene rings is 1. The van der Waals surface area contributed by atoms with Gasteiger partial charge in [0.2, 0.25) is 0 Å². The molecule has 90 valence electrons. The molecule has 1 atom stereocenters. The summed E-state index contributed by atoms with van der Waals surface area (Å²) in [5, 5.41) is 0. The van der Waals surface area contributed by atoms with Crippen molar-refractivity contribution in [3.63, 3.8) is 0 Å². The average molecular weight is 227 g/mol. The van der Waals surface area contributed by atoms with Gasteiger partial charge in [-0.1, -0.05) is 13.0 Å². The Balaban J connectivity index is 2.76. The van der Waals surface area contributed by atoms with E-state index >= 15 is 0 Å². The number of nitrogens with two attached hydrogens (primary N) is 1. The highest BCUT2D eigenvalue weighted by Crippen LogP contribution is 2.26. The Morgan fingerprint density at radius 3 is 2.81 bits per heavy atom. The highest BCUT2D eigenvalue weighted by molar-refractivity contribution is 5.37. The second-order valence-corrected chi connectivity index (χ2v) is 3.54.